The molecule has 0 amide bonds. The maximum Gasteiger partial charge on any atom is 0.261 e. The topological polar surface area (TPSA) is 72.2 Å². The Morgan fingerprint density at radius 1 is 1.19 bits per heavy atom. The summed E-state index contributed by atoms with van der Waals surface area (Å²) in [6.07, 6.45) is 0. The summed E-state index contributed by atoms with van der Waals surface area (Å²) >= 11 is 5.63. The SMILES string of the molecule is Cc1cc(S(=O)(=O)Nc2ccc(F)c(Cl)c2)cc(N)c1C. The van der Waals surface area contributed by atoms with Crippen LogP contribution < -0.4 is 10.5 Å². The lowest BCUT2D eigenvalue weighted by Crippen LogP contribution is -2.14. The highest BCUT2D eigenvalue weighted by Gasteiger charge is 2.17. The van der Waals surface area contributed by atoms with Crippen molar-refractivity contribution in [3.05, 3.63) is 52.3 Å². The Bertz CT molecular complexity index is 784. The maximum absolute atomic E-state index is 13.1. The molecule has 0 aliphatic rings. The first-order valence-corrected chi connectivity index (χ1v) is 7.91. The van der Waals surface area contributed by atoms with Crippen molar-refractivity contribution < 1.29 is 12.8 Å². The van der Waals surface area contributed by atoms with Gasteiger partial charge in [-0.3, -0.25) is 4.72 Å². The molecule has 0 spiro atoms. The van der Waals surface area contributed by atoms with Crippen LogP contribution in [0.4, 0.5) is 15.8 Å². The van der Waals surface area contributed by atoms with E-state index in [9.17, 15) is 12.8 Å². The third kappa shape index (κ3) is 3.28. The number of sulfonamides is 1. The Morgan fingerprint density at radius 2 is 1.86 bits per heavy atom. The molecule has 112 valence electrons. The first-order chi connectivity index (χ1) is 9.70. The average Bonchev–Trinajstić information content (AvgIpc) is 2.39. The lowest BCUT2D eigenvalue weighted by atomic mass is 10.1. The van der Waals surface area contributed by atoms with Crippen molar-refractivity contribution in [2.24, 2.45) is 0 Å². The van der Waals surface area contributed by atoms with Crippen LogP contribution in [0.25, 0.3) is 0 Å². The van der Waals surface area contributed by atoms with Crippen molar-refractivity contribution in [2.75, 3.05) is 10.5 Å². The van der Waals surface area contributed by atoms with E-state index >= 15 is 0 Å². The van der Waals surface area contributed by atoms with Crippen LogP contribution in [-0.4, -0.2) is 8.42 Å². The van der Waals surface area contributed by atoms with Crippen molar-refractivity contribution in [3.63, 3.8) is 0 Å². The van der Waals surface area contributed by atoms with Gasteiger partial charge < -0.3 is 5.73 Å². The minimum atomic E-state index is -3.82. The number of rotatable bonds is 3. The lowest BCUT2D eigenvalue weighted by Gasteiger charge is -2.12. The Balaban J connectivity index is 2.40. The predicted molar refractivity (Wildman–Crippen MR) is 82.5 cm³/mol. The fraction of sp³-hybridized carbons (Fsp3) is 0.143. The molecule has 2 rings (SSSR count). The number of anilines is 2. The molecule has 0 aliphatic heterocycles. The Labute approximate surface area is 127 Å². The molecular weight excluding hydrogens is 315 g/mol. The lowest BCUT2D eigenvalue weighted by molar-refractivity contribution is 0.601. The molecule has 0 bridgehead atoms. The number of nitrogens with one attached hydrogen (secondary N) is 1. The molecule has 0 saturated carbocycles. The zero-order chi connectivity index (χ0) is 15.8. The van der Waals surface area contributed by atoms with E-state index in [0.29, 0.717) is 5.69 Å². The second-order valence-corrected chi connectivity index (χ2v) is 6.78. The standard InChI is InChI=1S/C14H14ClFN2O2S/c1-8-5-11(7-14(17)9(8)2)21(19,20)18-10-3-4-13(16)12(15)6-10/h3-7,18H,17H2,1-2H3. The predicted octanol–water partition coefficient (Wildman–Crippen LogP) is 3.48. The summed E-state index contributed by atoms with van der Waals surface area (Å²) < 4.78 is 40.0. The normalized spacial score (nSPS) is 11.4. The van der Waals surface area contributed by atoms with E-state index in [2.05, 4.69) is 4.72 Å². The molecule has 21 heavy (non-hydrogen) atoms. The van der Waals surface area contributed by atoms with Gasteiger partial charge in [-0.05, 0) is 55.3 Å². The van der Waals surface area contributed by atoms with Crippen LogP contribution in [0.3, 0.4) is 0 Å². The fourth-order valence-corrected chi connectivity index (χ4v) is 3.13. The third-order valence-corrected chi connectivity index (χ3v) is 4.81. The van der Waals surface area contributed by atoms with E-state index in [1.54, 1.807) is 6.92 Å². The van der Waals surface area contributed by atoms with Gasteiger partial charge in [0.2, 0.25) is 0 Å². The van der Waals surface area contributed by atoms with Crippen LogP contribution in [0.1, 0.15) is 11.1 Å². The van der Waals surface area contributed by atoms with Gasteiger partial charge in [-0.25, -0.2) is 12.8 Å². The van der Waals surface area contributed by atoms with Gasteiger partial charge in [0.05, 0.1) is 15.6 Å². The number of aryl methyl sites for hydroxylation is 1. The van der Waals surface area contributed by atoms with Crippen LogP contribution in [0.5, 0.6) is 0 Å². The van der Waals surface area contributed by atoms with E-state index in [1.807, 2.05) is 6.92 Å². The van der Waals surface area contributed by atoms with Crippen LogP contribution >= 0.6 is 11.6 Å². The number of nitrogens with two attached hydrogens (primary N) is 1. The minimum absolute atomic E-state index is 0.0450. The summed E-state index contributed by atoms with van der Waals surface area (Å²) in [4.78, 5) is 0.0450. The van der Waals surface area contributed by atoms with E-state index in [-0.39, 0.29) is 15.6 Å². The smallest absolute Gasteiger partial charge is 0.261 e. The van der Waals surface area contributed by atoms with Gasteiger partial charge in [-0.1, -0.05) is 11.6 Å². The number of halogens is 2. The van der Waals surface area contributed by atoms with E-state index in [1.165, 1.54) is 24.3 Å². The first kappa shape index (κ1) is 15.6. The molecule has 0 aliphatic carbocycles. The van der Waals surface area contributed by atoms with E-state index < -0.39 is 15.8 Å². The monoisotopic (exact) mass is 328 g/mol. The van der Waals surface area contributed by atoms with Crippen molar-refractivity contribution in [2.45, 2.75) is 18.7 Å². The van der Waals surface area contributed by atoms with Crippen molar-refractivity contribution in [3.8, 4) is 0 Å². The van der Waals surface area contributed by atoms with Crippen LogP contribution in [0.2, 0.25) is 5.02 Å². The molecule has 3 N–H and O–H groups in total. The van der Waals surface area contributed by atoms with E-state index in [0.717, 1.165) is 17.2 Å². The van der Waals surface area contributed by atoms with Gasteiger partial charge in [0.25, 0.3) is 10.0 Å². The van der Waals surface area contributed by atoms with Crippen LogP contribution in [0.15, 0.2) is 35.2 Å². The van der Waals surface area contributed by atoms with E-state index in [4.69, 9.17) is 17.3 Å². The van der Waals surface area contributed by atoms with Gasteiger partial charge >= 0.3 is 0 Å². The quantitative estimate of drug-likeness (QED) is 0.847. The molecule has 7 heteroatoms. The summed E-state index contributed by atoms with van der Waals surface area (Å²) in [5.74, 6) is -0.616. The fourth-order valence-electron chi connectivity index (χ4n) is 1.78. The first-order valence-electron chi connectivity index (χ1n) is 6.05. The van der Waals surface area contributed by atoms with Crippen molar-refractivity contribution >= 4 is 33.0 Å². The molecule has 2 aromatic carbocycles. The van der Waals surface area contributed by atoms with Gasteiger partial charge in [-0.2, -0.15) is 0 Å². The average molecular weight is 329 g/mol. The van der Waals surface area contributed by atoms with Gasteiger partial charge in [0.1, 0.15) is 5.82 Å². The van der Waals surface area contributed by atoms with Crippen LogP contribution in [-0.2, 0) is 10.0 Å². The molecule has 0 heterocycles. The summed E-state index contributed by atoms with van der Waals surface area (Å²) in [7, 11) is -3.82. The number of benzene rings is 2. The highest BCUT2D eigenvalue weighted by Crippen LogP contribution is 2.25. The molecule has 4 nitrogen and oxygen atoms in total. The summed E-state index contributed by atoms with van der Waals surface area (Å²) in [5, 5.41) is -0.158. The summed E-state index contributed by atoms with van der Waals surface area (Å²) in [6.45, 7) is 3.59. The Hall–Kier alpha value is -1.79. The number of hydrogen-bond acceptors (Lipinski definition) is 3. The maximum atomic E-state index is 13.1. The highest BCUT2D eigenvalue weighted by atomic mass is 35.5. The molecule has 2 aromatic rings. The van der Waals surface area contributed by atoms with Crippen molar-refractivity contribution in [1.82, 2.24) is 0 Å². The number of hydrogen-bond donors (Lipinski definition) is 2. The second-order valence-electron chi connectivity index (χ2n) is 4.69. The zero-order valence-corrected chi connectivity index (χ0v) is 13.0. The third-order valence-electron chi connectivity index (χ3n) is 3.16. The zero-order valence-electron chi connectivity index (χ0n) is 11.4. The number of nitrogen functional groups attached to an aromatic ring is 1. The van der Waals surface area contributed by atoms with Gasteiger partial charge in [0.15, 0.2) is 0 Å². The largest absolute Gasteiger partial charge is 0.398 e. The molecule has 0 saturated heterocycles. The molecule has 0 radical (unpaired) electrons. The summed E-state index contributed by atoms with van der Waals surface area (Å²) in [6, 6.07) is 6.51. The van der Waals surface area contributed by atoms with Crippen molar-refractivity contribution in [1.29, 1.82) is 0 Å². The highest BCUT2D eigenvalue weighted by molar-refractivity contribution is 7.92. The van der Waals surface area contributed by atoms with Gasteiger partial charge in [0, 0.05) is 5.69 Å². The molecule has 0 atom stereocenters. The summed E-state index contributed by atoms with van der Waals surface area (Å²) in [5.41, 5.74) is 7.97. The Kier molecular flexibility index (Phi) is 4.11. The van der Waals surface area contributed by atoms with Crippen LogP contribution in [0, 0.1) is 19.7 Å². The Morgan fingerprint density at radius 3 is 2.43 bits per heavy atom. The second kappa shape index (κ2) is 5.54. The molecule has 0 aromatic heterocycles. The molecule has 0 unspecified atom stereocenters. The minimum Gasteiger partial charge on any atom is -0.398 e. The van der Waals surface area contributed by atoms with Gasteiger partial charge in [-0.15, -0.1) is 0 Å². The molecular formula is C14H14ClFN2O2S. The molecule has 0 fully saturated rings.